The molecular weight excluding hydrogens is 358 g/mol. The molecule has 1 aliphatic heterocycles. The minimum absolute atomic E-state index is 0.236. The molecule has 4 rings (SSSR count). The van der Waals surface area contributed by atoms with E-state index in [1.807, 2.05) is 17.6 Å². The highest BCUT2D eigenvalue weighted by Crippen LogP contribution is 2.49. The lowest BCUT2D eigenvalue weighted by molar-refractivity contribution is 0.100. The van der Waals surface area contributed by atoms with Crippen molar-refractivity contribution < 1.29 is 13.9 Å². The number of aromatic amines is 1. The van der Waals surface area contributed by atoms with Crippen molar-refractivity contribution in [3.8, 4) is 11.3 Å². The molecule has 1 aliphatic rings. The number of hydrogen-bond donors (Lipinski definition) is 4. The number of H-pyrrole nitrogens is 1. The molecule has 0 unspecified atom stereocenters. The van der Waals surface area contributed by atoms with Gasteiger partial charge in [-0.3, -0.25) is 13.9 Å². The van der Waals surface area contributed by atoms with Crippen LogP contribution in [0.2, 0.25) is 0 Å². The maximum Gasteiger partial charge on any atom is 0.250 e. The van der Waals surface area contributed by atoms with E-state index in [2.05, 4.69) is 9.97 Å². The molecule has 1 aromatic carbocycles. The van der Waals surface area contributed by atoms with E-state index in [0.717, 1.165) is 40.6 Å². The highest BCUT2D eigenvalue weighted by molar-refractivity contribution is 8.24. The Balaban J connectivity index is 1.83. The number of carbonyl (C=O) groups excluding carboxylic acids is 1. The van der Waals surface area contributed by atoms with E-state index in [1.165, 1.54) is 11.3 Å². The summed E-state index contributed by atoms with van der Waals surface area (Å²) < 4.78 is 19.7. The summed E-state index contributed by atoms with van der Waals surface area (Å²) in [5.41, 5.74) is 11.3. The average molecular weight is 377 g/mol. The second-order valence-corrected chi connectivity index (χ2v) is 9.55. The fraction of sp³-hybridized carbons (Fsp3) is 0.294. The summed E-state index contributed by atoms with van der Waals surface area (Å²) >= 11 is 1.50. The second kappa shape index (κ2) is 6.14. The first-order valence-corrected chi connectivity index (χ1v) is 10.8. The van der Waals surface area contributed by atoms with Crippen LogP contribution in [0, 0.1) is 0 Å². The van der Waals surface area contributed by atoms with Gasteiger partial charge >= 0.3 is 0 Å². The zero-order valence-electron chi connectivity index (χ0n) is 13.4. The van der Waals surface area contributed by atoms with Crippen LogP contribution in [0.25, 0.3) is 22.2 Å². The molecule has 25 heavy (non-hydrogen) atoms. The van der Waals surface area contributed by atoms with Crippen LogP contribution in [0.15, 0.2) is 29.2 Å². The third kappa shape index (κ3) is 3.06. The number of aromatic nitrogens is 2. The Kier molecular flexibility index (Phi) is 4.07. The molecular formula is C17H19N3O3S2. The van der Waals surface area contributed by atoms with Gasteiger partial charge in [0.25, 0.3) is 5.91 Å². The number of thiazole rings is 1. The minimum atomic E-state index is -2.42. The van der Waals surface area contributed by atoms with Crippen LogP contribution in [0.1, 0.15) is 34.7 Å². The van der Waals surface area contributed by atoms with Crippen LogP contribution < -0.4 is 5.73 Å². The van der Waals surface area contributed by atoms with Crippen molar-refractivity contribution in [3.63, 3.8) is 0 Å². The van der Waals surface area contributed by atoms with Crippen LogP contribution in [0.3, 0.4) is 0 Å². The van der Waals surface area contributed by atoms with Gasteiger partial charge in [-0.15, -0.1) is 11.3 Å². The molecule has 6 nitrogen and oxygen atoms in total. The molecule has 1 fully saturated rings. The summed E-state index contributed by atoms with van der Waals surface area (Å²) in [7, 11) is -2.42. The van der Waals surface area contributed by atoms with E-state index in [9.17, 15) is 13.9 Å². The molecule has 0 bridgehead atoms. The van der Waals surface area contributed by atoms with E-state index in [1.54, 1.807) is 11.6 Å². The Labute approximate surface area is 150 Å². The molecule has 1 saturated heterocycles. The molecule has 0 aliphatic carbocycles. The van der Waals surface area contributed by atoms with Crippen molar-refractivity contribution >= 4 is 38.7 Å². The van der Waals surface area contributed by atoms with Crippen molar-refractivity contribution in [2.75, 3.05) is 11.5 Å². The predicted octanol–water partition coefficient (Wildman–Crippen LogP) is 4.02. The number of carbonyl (C=O) groups is 1. The molecule has 3 aromatic rings. The first-order chi connectivity index (χ1) is 11.9. The Morgan fingerprint density at radius 1 is 1.32 bits per heavy atom. The van der Waals surface area contributed by atoms with E-state index in [4.69, 9.17) is 5.73 Å². The number of nitrogens with zero attached hydrogens (tertiary/aromatic N) is 1. The average Bonchev–Trinajstić information content (AvgIpc) is 3.23. The van der Waals surface area contributed by atoms with Crippen molar-refractivity contribution in [2.45, 2.75) is 18.8 Å². The van der Waals surface area contributed by atoms with Crippen LogP contribution in [0.4, 0.5) is 0 Å². The molecule has 0 spiro atoms. The van der Waals surface area contributed by atoms with E-state index in [-0.39, 0.29) is 5.92 Å². The lowest BCUT2D eigenvalue weighted by Gasteiger charge is -2.39. The molecule has 2 aromatic heterocycles. The molecule has 0 saturated carbocycles. The van der Waals surface area contributed by atoms with Crippen molar-refractivity contribution in [3.05, 3.63) is 40.3 Å². The third-order valence-corrected chi connectivity index (χ3v) is 7.21. The van der Waals surface area contributed by atoms with Gasteiger partial charge in [0.1, 0.15) is 0 Å². The zero-order chi connectivity index (χ0) is 17.6. The number of primary amides is 1. The van der Waals surface area contributed by atoms with Gasteiger partial charge in [0.05, 0.1) is 22.3 Å². The minimum Gasteiger partial charge on any atom is -0.366 e. The van der Waals surface area contributed by atoms with Gasteiger partial charge in [0, 0.05) is 34.0 Å². The summed E-state index contributed by atoms with van der Waals surface area (Å²) in [4.78, 5) is 19.5. The largest absolute Gasteiger partial charge is 0.366 e. The number of nitrogens with one attached hydrogen (secondary N) is 1. The first-order valence-electron chi connectivity index (χ1n) is 8.01. The summed E-state index contributed by atoms with van der Waals surface area (Å²) in [6, 6.07) is 3.81. The van der Waals surface area contributed by atoms with Gasteiger partial charge in [-0.1, -0.05) is 0 Å². The molecule has 0 atom stereocenters. The fourth-order valence-electron chi connectivity index (χ4n) is 3.51. The maximum absolute atomic E-state index is 11.9. The van der Waals surface area contributed by atoms with Crippen LogP contribution in [0.5, 0.6) is 0 Å². The quantitative estimate of drug-likeness (QED) is 0.552. The van der Waals surface area contributed by atoms with Crippen LogP contribution in [-0.2, 0) is 0 Å². The molecule has 1 amide bonds. The highest BCUT2D eigenvalue weighted by Gasteiger charge is 2.27. The fourth-order valence-corrected chi connectivity index (χ4v) is 5.60. The Hall–Kier alpha value is -1.87. The number of amides is 1. The monoisotopic (exact) mass is 377 g/mol. The Morgan fingerprint density at radius 2 is 2.08 bits per heavy atom. The van der Waals surface area contributed by atoms with Gasteiger partial charge < -0.3 is 10.7 Å². The second-order valence-electron chi connectivity index (χ2n) is 6.41. The summed E-state index contributed by atoms with van der Waals surface area (Å²) in [6.45, 7) is 0. The normalized spacial score (nSPS) is 19.1. The van der Waals surface area contributed by atoms with E-state index in [0.29, 0.717) is 17.1 Å². The highest BCUT2D eigenvalue weighted by atomic mass is 32.3. The molecule has 8 heteroatoms. The summed E-state index contributed by atoms with van der Waals surface area (Å²) in [5, 5.41) is 2.90. The number of hydrogen-bond acceptors (Lipinski definition) is 5. The first kappa shape index (κ1) is 16.6. The molecule has 3 heterocycles. The predicted molar refractivity (Wildman–Crippen MR) is 102 cm³/mol. The molecule has 0 radical (unpaired) electrons. The van der Waals surface area contributed by atoms with Crippen molar-refractivity contribution in [2.24, 2.45) is 5.73 Å². The van der Waals surface area contributed by atoms with Gasteiger partial charge in [0.2, 0.25) is 0 Å². The van der Waals surface area contributed by atoms with E-state index < -0.39 is 16.5 Å². The van der Waals surface area contributed by atoms with Gasteiger partial charge in [-0.25, -0.2) is 4.98 Å². The van der Waals surface area contributed by atoms with Gasteiger partial charge in [-0.05, 0) is 36.5 Å². The number of benzene rings is 1. The summed E-state index contributed by atoms with van der Waals surface area (Å²) in [5.74, 6) is 0.616. The lowest BCUT2D eigenvalue weighted by Crippen LogP contribution is -2.19. The third-order valence-electron chi connectivity index (χ3n) is 4.84. The van der Waals surface area contributed by atoms with Crippen LogP contribution in [-0.4, -0.2) is 36.5 Å². The van der Waals surface area contributed by atoms with Gasteiger partial charge in [-0.2, -0.15) is 10.6 Å². The Bertz CT molecular complexity index is 924. The Morgan fingerprint density at radius 3 is 2.72 bits per heavy atom. The van der Waals surface area contributed by atoms with Crippen molar-refractivity contribution in [1.29, 1.82) is 0 Å². The number of rotatable bonds is 3. The SMILES string of the molecule is NC(=O)c1cc(-c2cscn2)cc2c(C3CCS(O)(O)CC3)c[nH]c12. The van der Waals surface area contributed by atoms with E-state index >= 15 is 0 Å². The zero-order valence-corrected chi connectivity index (χ0v) is 15.1. The molecule has 132 valence electrons. The van der Waals surface area contributed by atoms with Gasteiger partial charge in [0.15, 0.2) is 0 Å². The smallest absolute Gasteiger partial charge is 0.250 e. The summed E-state index contributed by atoms with van der Waals surface area (Å²) in [6.07, 6.45) is 3.37. The topological polar surface area (TPSA) is 112 Å². The molecule has 5 N–H and O–H groups in total. The maximum atomic E-state index is 11.9. The number of fused-ring (bicyclic) bond motifs is 1. The standard InChI is InChI=1S/C17H19N3O3S2/c18-17(21)13-6-11(15-8-24-9-20-15)5-12-14(7-19-16(12)13)10-1-3-25(22,23)4-2-10/h5-10,19,22-23H,1-4H2,(H2,18,21). The van der Waals surface area contributed by atoms with Crippen LogP contribution >= 0.6 is 21.9 Å². The van der Waals surface area contributed by atoms with Crippen molar-refractivity contribution in [1.82, 2.24) is 9.97 Å². The number of nitrogens with two attached hydrogens (primary N) is 1. The lowest BCUT2D eigenvalue weighted by atomic mass is 9.91.